The van der Waals surface area contributed by atoms with E-state index in [-0.39, 0.29) is 18.6 Å². The highest BCUT2D eigenvalue weighted by molar-refractivity contribution is 5.74. The van der Waals surface area contributed by atoms with Gasteiger partial charge in [-0.05, 0) is 49.3 Å². The third-order valence-corrected chi connectivity index (χ3v) is 4.75. The van der Waals surface area contributed by atoms with Crippen molar-refractivity contribution < 1.29 is 9.90 Å². The van der Waals surface area contributed by atoms with Crippen LogP contribution in [-0.4, -0.2) is 53.8 Å². The maximum absolute atomic E-state index is 12.3. The molecule has 0 aliphatic carbocycles. The van der Waals surface area contributed by atoms with Crippen molar-refractivity contribution in [1.82, 2.24) is 15.2 Å². The molecular formula is C17H26N4O2. The lowest BCUT2D eigenvalue weighted by molar-refractivity contribution is 0.129. The Kier molecular flexibility index (Phi) is 5.33. The van der Waals surface area contributed by atoms with Gasteiger partial charge in [-0.25, -0.2) is 9.78 Å². The van der Waals surface area contributed by atoms with Gasteiger partial charge in [-0.3, -0.25) is 0 Å². The fourth-order valence-electron chi connectivity index (χ4n) is 3.38. The van der Waals surface area contributed by atoms with Crippen molar-refractivity contribution in [2.75, 3.05) is 37.7 Å². The predicted octanol–water partition coefficient (Wildman–Crippen LogP) is 1.60. The number of aromatic nitrogens is 1. The summed E-state index contributed by atoms with van der Waals surface area (Å²) >= 11 is 0. The quantitative estimate of drug-likeness (QED) is 0.885. The summed E-state index contributed by atoms with van der Waals surface area (Å²) in [5, 5.41) is 12.3. The zero-order chi connectivity index (χ0) is 16.1. The van der Waals surface area contributed by atoms with Crippen LogP contribution in [0.2, 0.25) is 0 Å². The minimum Gasteiger partial charge on any atom is -0.396 e. The average Bonchev–Trinajstić information content (AvgIpc) is 3.14. The van der Waals surface area contributed by atoms with Crippen molar-refractivity contribution >= 4 is 11.8 Å². The Balaban J connectivity index is 1.53. The summed E-state index contributed by atoms with van der Waals surface area (Å²) in [4.78, 5) is 20.8. The number of carbonyl (C=O) groups excluding carboxylic acids is 1. The summed E-state index contributed by atoms with van der Waals surface area (Å²) < 4.78 is 0. The molecule has 1 unspecified atom stereocenters. The zero-order valence-electron chi connectivity index (χ0n) is 13.6. The van der Waals surface area contributed by atoms with Crippen LogP contribution in [0, 0.1) is 5.92 Å². The van der Waals surface area contributed by atoms with E-state index in [2.05, 4.69) is 21.3 Å². The van der Waals surface area contributed by atoms with Gasteiger partial charge in [-0.15, -0.1) is 0 Å². The topological polar surface area (TPSA) is 68.7 Å². The highest BCUT2D eigenvalue weighted by Crippen LogP contribution is 2.19. The molecule has 2 aliphatic heterocycles. The van der Waals surface area contributed by atoms with Gasteiger partial charge in [0.25, 0.3) is 0 Å². The number of urea groups is 1. The molecule has 0 saturated carbocycles. The van der Waals surface area contributed by atoms with E-state index in [0.29, 0.717) is 13.1 Å². The van der Waals surface area contributed by atoms with Gasteiger partial charge in [0.05, 0.1) is 0 Å². The number of amides is 2. The molecule has 0 radical (unpaired) electrons. The average molecular weight is 318 g/mol. The lowest BCUT2D eigenvalue weighted by Gasteiger charge is -2.31. The van der Waals surface area contributed by atoms with E-state index >= 15 is 0 Å². The minimum atomic E-state index is -0.0392. The molecule has 0 spiro atoms. The van der Waals surface area contributed by atoms with Gasteiger partial charge in [-0.1, -0.05) is 0 Å². The standard InChI is InChI=1S/C17H26N4O2/c22-13-15-4-3-9-21(12-15)17(23)19-11-14-5-6-18-16(10-14)20-7-1-2-8-20/h5-6,10,15,22H,1-4,7-9,11-13H2,(H,19,23). The second-order valence-electron chi connectivity index (χ2n) is 6.51. The molecule has 6 heteroatoms. The molecule has 0 aromatic carbocycles. The van der Waals surface area contributed by atoms with E-state index in [4.69, 9.17) is 0 Å². The Morgan fingerprint density at radius 2 is 2.13 bits per heavy atom. The molecule has 23 heavy (non-hydrogen) atoms. The summed E-state index contributed by atoms with van der Waals surface area (Å²) in [5.41, 5.74) is 1.07. The predicted molar refractivity (Wildman–Crippen MR) is 89.3 cm³/mol. The number of nitrogens with zero attached hydrogens (tertiary/aromatic N) is 3. The summed E-state index contributed by atoms with van der Waals surface area (Å²) in [6, 6.07) is 3.98. The SMILES string of the molecule is O=C(NCc1ccnc(N2CCCC2)c1)N1CCCC(CO)C1. The largest absolute Gasteiger partial charge is 0.396 e. The first kappa shape index (κ1) is 16.1. The molecule has 0 bridgehead atoms. The number of likely N-dealkylation sites (tertiary alicyclic amines) is 1. The smallest absolute Gasteiger partial charge is 0.317 e. The maximum Gasteiger partial charge on any atom is 0.317 e. The Morgan fingerprint density at radius 1 is 1.30 bits per heavy atom. The van der Waals surface area contributed by atoms with Gasteiger partial charge in [0.15, 0.2) is 0 Å². The number of hydrogen-bond acceptors (Lipinski definition) is 4. The number of nitrogens with one attached hydrogen (secondary N) is 1. The van der Waals surface area contributed by atoms with E-state index < -0.39 is 0 Å². The van der Waals surface area contributed by atoms with Crippen LogP contribution in [0.3, 0.4) is 0 Å². The molecule has 126 valence electrons. The summed E-state index contributed by atoms with van der Waals surface area (Å²) in [7, 11) is 0. The fraction of sp³-hybridized carbons (Fsp3) is 0.647. The number of aliphatic hydroxyl groups excluding tert-OH is 1. The number of aliphatic hydroxyl groups is 1. The number of piperidine rings is 1. The normalized spacial score (nSPS) is 21.5. The van der Waals surface area contributed by atoms with Crippen LogP contribution in [0.5, 0.6) is 0 Å². The Labute approximate surface area is 137 Å². The van der Waals surface area contributed by atoms with Gasteiger partial charge >= 0.3 is 6.03 Å². The van der Waals surface area contributed by atoms with Gasteiger partial charge in [0.1, 0.15) is 5.82 Å². The first-order valence-corrected chi connectivity index (χ1v) is 8.60. The molecule has 3 heterocycles. The molecule has 2 amide bonds. The number of pyridine rings is 1. The number of anilines is 1. The maximum atomic E-state index is 12.3. The highest BCUT2D eigenvalue weighted by Gasteiger charge is 2.22. The van der Waals surface area contributed by atoms with E-state index in [1.165, 1.54) is 12.8 Å². The van der Waals surface area contributed by atoms with Crippen LogP contribution >= 0.6 is 0 Å². The molecule has 1 aromatic rings. The van der Waals surface area contributed by atoms with Crippen LogP contribution in [0.4, 0.5) is 10.6 Å². The Bertz CT molecular complexity index is 531. The Morgan fingerprint density at radius 3 is 2.91 bits per heavy atom. The van der Waals surface area contributed by atoms with Crippen molar-refractivity contribution in [2.24, 2.45) is 5.92 Å². The molecule has 2 N–H and O–H groups in total. The van der Waals surface area contributed by atoms with Crippen molar-refractivity contribution in [2.45, 2.75) is 32.2 Å². The molecule has 2 aliphatic rings. The highest BCUT2D eigenvalue weighted by atomic mass is 16.3. The lowest BCUT2D eigenvalue weighted by atomic mass is 9.99. The summed E-state index contributed by atoms with van der Waals surface area (Å²) in [6.45, 7) is 4.24. The fourth-order valence-corrected chi connectivity index (χ4v) is 3.38. The van der Waals surface area contributed by atoms with Crippen LogP contribution < -0.4 is 10.2 Å². The van der Waals surface area contributed by atoms with Gasteiger partial charge in [-0.2, -0.15) is 0 Å². The first-order chi connectivity index (χ1) is 11.3. The molecule has 1 aromatic heterocycles. The second-order valence-corrected chi connectivity index (χ2v) is 6.51. The number of rotatable bonds is 4. The van der Waals surface area contributed by atoms with Crippen LogP contribution in [0.25, 0.3) is 0 Å². The van der Waals surface area contributed by atoms with Gasteiger partial charge < -0.3 is 20.2 Å². The van der Waals surface area contributed by atoms with E-state index in [9.17, 15) is 9.90 Å². The molecule has 6 nitrogen and oxygen atoms in total. The van der Waals surface area contributed by atoms with Crippen molar-refractivity contribution in [1.29, 1.82) is 0 Å². The third kappa shape index (κ3) is 4.13. The monoisotopic (exact) mass is 318 g/mol. The van der Waals surface area contributed by atoms with Gasteiger partial charge in [0, 0.05) is 45.5 Å². The summed E-state index contributed by atoms with van der Waals surface area (Å²) in [5.74, 6) is 1.23. The van der Waals surface area contributed by atoms with Crippen molar-refractivity contribution in [3.63, 3.8) is 0 Å². The first-order valence-electron chi connectivity index (χ1n) is 8.60. The minimum absolute atomic E-state index is 0.0392. The lowest BCUT2D eigenvalue weighted by Crippen LogP contribution is -2.45. The summed E-state index contributed by atoms with van der Waals surface area (Å²) in [6.07, 6.45) is 6.24. The number of hydrogen-bond donors (Lipinski definition) is 2. The molecular weight excluding hydrogens is 292 g/mol. The van der Waals surface area contributed by atoms with E-state index in [1.54, 1.807) is 0 Å². The van der Waals surface area contributed by atoms with Gasteiger partial charge in [0.2, 0.25) is 0 Å². The number of carbonyl (C=O) groups is 1. The molecule has 3 rings (SSSR count). The molecule has 1 atom stereocenters. The van der Waals surface area contributed by atoms with Crippen molar-refractivity contribution in [3.8, 4) is 0 Å². The molecule has 2 saturated heterocycles. The van der Waals surface area contributed by atoms with Crippen molar-refractivity contribution in [3.05, 3.63) is 23.9 Å². The van der Waals surface area contributed by atoms with Crippen LogP contribution in [0.15, 0.2) is 18.3 Å². The van der Waals surface area contributed by atoms with Crippen LogP contribution in [-0.2, 0) is 6.54 Å². The van der Waals surface area contributed by atoms with E-state index in [1.807, 2.05) is 17.2 Å². The zero-order valence-corrected chi connectivity index (χ0v) is 13.6. The second kappa shape index (κ2) is 7.64. The Hall–Kier alpha value is -1.82. The van der Waals surface area contributed by atoms with Crippen LogP contribution in [0.1, 0.15) is 31.2 Å². The van der Waals surface area contributed by atoms with E-state index in [0.717, 1.165) is 43.9 Å². The third-order valence-electron chi connectivity index (χ3n) is 4.75. The molecule has 2 fully saturated rings.